The molecule has 0 atom stereocenters. The first-order valence-electron chi connectivity index (χ1n) is 6.56. The molecule has 106 valence electrons. The highest BCUT2D eigenvalue weighted by molar-refractivity contribution is 14.1. The Morgan fingerprint density at radius 1 is 1.05 bits per heavy atom. The van der Waals surface area contributed by atoms with Crippen molar-refractivity contribution in [3.05, 3.63) is 50.9 Å². The van der Waals surface area contributed by atoms with Crippen molar-refractivity contribution in [2.45, 2.75) is 6.92 Å². The van der Waals surface area contributed by atoms with Gasteiger partial charge in [-0.05, 0) is 41.6 Å². The molecule has 0 spiro atoms. The molecule has 2 heterocycles. The minimum Gasteiger partial charge on any atom is -0.372 e. The van der Waals surface area contributed by atoms with Crippen molar-refractivity contribution in [1.29, 1.82) is 0 Å². The summed E-state index contributed by atoms with van der Waals surface area (Å²) in [4.78, 5) is 11.8. The van der Waals surface area contributed by atoms with E-state index in [-0.39, 0.29) is 0 Å². The summed E-state index contributed by atoms with van der Waals surface area (Å²) < 4.78 is 1.04. The molecule has 3 rings (SSSR count). The van der Waals surface area contributed by atoms with E-state index in [1.54, 1.807) is 11.3 Å². The highest BCUT2D eigenvalue weighted by Gasteiger charge is 2.14. The summed E-state index contributed by atoms with van der Waals surface area (Å²) in [6, 6.07) is 14.4. The summed E-state index contributed by atoms with van der Waals surface area (Å²) in [5.41, 5.74) is 2.08. The molecule has 0 saturated heterocycles. The molecule has 0 aliphatic carbocycles. The van der Waals surface area contributed by atoms with Crippen LogP contribution in [0.15, 0.2) is 42.5 Å². The number of halogens is 1. The summed E-state index contributed by atoms with van der Waals surface area (Å²) >= 11 is 4.02. The smallest absolute Gasteiger partial charge is 0.172 e. The monoisotopic (exact) mass is 407 g/mol. The number of thiophene rings is 1. The maximum Gasteiger partial charge on any atom is 0.172 e. The lowest BCUT2D eigenvalue weighted by Crippen LogP contribution is -2.02. The predicted molar refractivity (Wildman–Crippen MR) is 97.8 cm³/mol. The Balaban J connectivity index is 2.20. The number of hydrogen-bond acceptors (Lipinski definition) is 4. The molecule has 3 aromatic rings. The Kier molecular flexibility index (Phi) is 4.21. The van der Waals surface area contributed by atoms with Gasteiger partial charge >= 0.3 is 0 Å². The molecule has 0 saturated carbocycles. The van der Waals surface area contributed by atoms with Gasteiger partial charge in [0.25, 0.3) is 0 Å². The largest absolute Gasteiger partial charge is 0.372 e. The Morgan fingerprint density at radius 2 is 1.81 bits per heavy atom. The third-order valence-corrected chi connectivity index (χ3v) is 5.11. The minimum atomic E-state index is 0.775. The first-order chi connectivity index (χ1) is 10.2. The van der Waals surface area contributed by atoms with Crippen molar-refractivity contribution in [3.63, 3.8) is 0 Å². The van der Waals surface area contributed by atoms with Crippen LogP contribution in [0.5, 0.6) is 0 Å². The molecule has 0 aliphatic heterocycles. The molecule has 0 bridgehead atoms. The minimum absolute atomic E-state index is 0.775. The van der Waals surface area contributed by atoms with E-state index in [1.165, 1.54) is 4.88 Å². The second kappa shape index (κ2) is 6.11. The van der Waals surface area contributed by atoms with Crippen LogP contribution in [0.3, 0.4) is 0 Å². The summed E-state index contributed by atoms with van der Waals surface area (Å²) in [5.74, 6) is 1.64. The Morgan fingerprint density at radius 3 is 2.43 bits per heavy atom. The lowest BCUT2D eigenvalue weighted by Gasteiger charge is -2.10. The fourth-order valence-corrected chi connectivity index (χ4v) is 3.69. The van der Waals surface area contributed by atoms with Gasteiger partial charge in [-0.3, -0.25) is 0 Å². The SMILES string of the molecule is CNc1nc(-c2ccc(C)s2)nc(-c2ccccc2)c1I. The topological polar surface area (TPSA) is 37.8 Å². The van der Waals surface area contributed by atoms with Crippen LogP contribution in [0.4, 0.5) is 5.82 Å². The predicted octanol–water partition coefficient (Wildman–Crippen LogP) is 4.83. The van der Waals surface area contributed by atoms with Crippen LogP contribution in [0, 0.1) is 10.5 Å². The molecule has 21 heavy (non-hydrogen) atoms. The number of aromatic nitrogens is 2. The number of nitrogens with one attached hydrogen (secondary N) is 1. The summed E-state index contributed by atoms with van der Waals surface area (Å²) in [6.45, 7) is 2.10. The molecule has 2 aromatic heterocycles. The van der Waals surface area contributed by atoms with Crippen molar-refractivity contribution in [2.75, 3.05) is 12.4 Å². The van der Waals surface area contributed by atoms with Gasteiger partial charge in [-0.25, -0.2) is 9.97 Å². The van der Waals surface area contributed by atoms with Crippen LogP contribution in [0.2, 0.25) is 0 Å². The number of nitrogens with zero attached hydrogens (tertiary/aromatic N) is 2. The first kappa shape index (κ1) is 14.5. The Hall–Kier alpha value is -1.47. The van der Waals surface area contributed by atoms with Crippen LogP contribution in [-0.2, 0) is 0 Å². The van der Waals surface area contributed by atoms with Gasteiger partial charge in [-0.1, -0.05) is 30.3 Å². The zero-order chi connectivity index (χ0) is 14.8. The van der Waals surface area contributed by atoms with E-state index in [1.807, 2.05) is 25.2 Å². The molecule has 5 heteroatoms. The molecule has 0 unspecified atom stereocenters. The number of aryl methyl sites for hydroxylation is 1. The first-order valence-corrected chi connectivity index (χ1v) is 8.46. The van der Waals surface area contributed by atoms with Gasteiger partial charge in [0.15, 0.2) is 5.82 Å². The van der Waals surface area contributed by atoms with Gasteiger partial charge in [-0.2, -0.15) is 0 Å². The van der Waals surface area contributed by atoms with Crippen molar-refractivity contribution in [2.24, 2.45) is 0 Å². The van der Waals surface area contributed by atoms with E-state index in [0.717, 1.165) is 31.3 Å². The normalized spacial score (nSPS) is 10.6. The van der Waals surface area contributed by atoms with E-state index < -0.39 is 0 Å². The molecular weight excluding hydrogens is 393 g/mol. The number of rotatable bonds is 3. The van der Waals surface area contributed by atoms with Gasteiger partial charge in [0.05, 0.1) is 14.1 Å². The second-order valence-corrected chi connectivity index (χ2v) is 6.95. The van der Waals surface area contributed by atoms with Crippen LogP contribution in [0.1, 0.15) is 4.88 Å². The molecule has 0 aliphatic rings. The molecule has 0 radical (unpaired) electrons. The number of benzene rings is 1. The van der Waals surface area contributed by atoms with Gasteiger partial charge < -0.3 is 5.32 Å². The van der Waals surface area contributed by atoms with E-state index in [0.29, 0.717) is 0 Å². The van der Waals surface area contributed by atoms with Crippen LogP contribution in [0.25, 0.3) is 22.0 Å². The number of hydrogen-bond donors (Lipinski definition) is 1. The van der Waals surface area contributed by atoms with E-state index in [4.69, 9.17) is 4.98 Å². The zero-order valence-corrected chi connectivity index (χ0v) is 14.7. The third kappa shape index (κ3) is 2.94. The quantitative estimate of drug-likeness (QED) is 0.633. The average Bonchev–Trinajstić information content (AvgIpc) is 2.95. The molecule has 1 N–H and O–H groups in total. The highest BCUT2D eigenvalue weighted by atomic mass is 127. The van der Waals surface area contributed by atoms with E-state index in [2.05, 4.69) is 64.1 Å². The Bertz CT molecular complexity index is 768. The zero-order valence-electron chi connectivity index (χ0n) is 11.7. The van der Waals surface area contributed by atoms with Crippen LogP contribution < -0.4 is 5.32 Å². The molecule has 1 aromatic carbocycles. The van der Waals surface area contributed by atoms with Gasteiger partial charge in [0.1, 0.15) is 5.82 Å². The lowest BCUT2D eigenvalue weighted by atomic mass is 10.1. The summed E-state index contributed by atoms with van der Waals surface area (Å²) in [7, 11) is 1.89. The van der Waals surface area contributed by atoms with E-state index in [9.17, 15) is 0 Å². The van der Waals surface area contributed by atoms with Crippen molar-refractivity contribution < 1.29 is 0 Å². The van der Waals surface area contributed by atoms with Gasteiger partial charge in [-0.15, -0.1) is 11.3 Å². The highest BCUT2D eigenvalue weighted by Crippen LogP contribution is 2.32. The third-order valence-electron chi connectivity index (χ3n) is 3.10. The van der Waals surface area contributed by atoms with Crippen molar-refractivity contribution >= 4 is 39.7 Å². The molecule has 0 amide bonds. The Labute approximate surface area is 141 Å². The average molecular weight is 407 g/mol. The van der Waals surface area contributed by atoms with Gasteiger partial charge in [0, 0.05) is 17.5 Å². The second-order valence-electron chi connectivity index (χ2n) is 4.58. The van der Waals surface area contributed by atoms with Crippen LogP contribution >= 0.6 is 33.9 Å². The van der Waals surface area contributed by atoms with E-state index >= 15 is 0 Å². The molecule has 0 fully saturated rings. The summed E-state index contributed by atoms with van der Waals surface area (Å²) in [6.07, 6.45) is 0. The maximum atomic E-state index is 4.79. The van der Waals surface area contributed by atoms with Crippen LogP contribution in [-0.4, -0.2) is 17.0 Å². The molecular formula is C16H14IN3S. The maximum absolute atomic E-state index is 4.79. The number of anilines is 1. The van der Waals surface area contributed by atoms with Crippen molar-refractivity contribution in [1.82, 2.24) is 9.97 Å². The fourth-order valence-electron chi connectivity index (χ4n) is 2.06. The molecule has 3 nitrogen and oxygen atoms in total. The lowest BCUT2D eigenvalue weighted by molar-refractivity contribution is 1.16. The van der Waals surface area contributed by atoms with Crippen molar-refractivity contribution in [3.8, 4) is 22.0 Å². The fraction of sp³-hybridized carbons (Fsp3) is 0.125. The standard InChI is InChI=1S/C16H14IN3S/c1-10-8-9-12(21-10)15-19-14(11-6-4-3-5-7-11)13(17)16(18-2)20-15/h3-9H,1-2H3,(H,18,19,20). The summed E-state index contributed by atoms with van der Waals surface area (Å²) in [5, 5.41) is 3.17. The van der Waals surface area contributed by atoms with Gasteiger partial charge in [0.2, 0.25) is 0 Å².